The molecule has 0 aliphatic carbocycles. The van der Waals surface area contributed by atoms with Crippen molar-refractivity contribution in [3.63, 3.8) is 0 Å². The summed E-state index contributed by atoms with van der Waals surface area (Å²) in [4.78, 5) is 38.9. The second-order valence-corrected chi connectivity index (χ2v) is 8.26. The Balaban J connectivity index is 1.80. The quantitative estimate of drug-likeness (QED) is 0.741. The molecule has 8 nitrogen and oxygen atoms in total. The number of benzene rings is 1. The molecule has 1 fully saturated rings. The summed E-state index contributed by atoms with van der Waals surface area (Å²) in [5.74, 6) is 1.18. The minimum Gasteiger partial charge on any atom is -0.493 e. The van der Waals surface area contributed by atoms with Crippen molar-refractivity contribution in [2.75, 3.05) is 27.3 Å². The van der Waals surface area contributed by atoms with Gasteiger partial charge in [0.15, 0.2) is 11.5 Å². The van der Waals surface area contributed by atoms with Crippen LogP contribution in [0, 0.1) is 0 Å². The Morgan fingerprint density at radius 1 is 1.00 bits per heavy atom. The van der Waals surface area contributed by atoms with Crippen LogP contribution in [0.5, 0.6) is 11.5 Å². The van der Waals surface area contributed by atoms with Crippen molar-refractivity contribution >= 4 is 17.7 Å². The molecule has 1 aromatic carbocycles. The average Bonchev–Trinajstić information content (AvgIpc) is 3.15. The van der Waals surface area contributed by atoms with Gasteiger partial charge in [-0.05, 0) is 49.3 Å². The molecule has 3 amide bonds. The lowest BCUT2D eigenvalue weighted by Crippen LogP contribution is -2.47. The zero-order valence-electron chi connectivity index (χ0n) is 18.7. The number of ether oxygens (including phenoxy) is 2. The molecule has 170 valence electrons. The summed E-state index contributed by atoms with van der Waals surface area (Å²) in [5.41, 5.74) is 2.00. The van der Waals surface area contributed by atoms with E-state index in [0.717, 1.165) is 30.4 Å². The van der Waals surface area contributed by atoms with Crippen LogP contribution in [-0.2, 0) is 27.2 Å². The molecule has 1 saturated heterocycles. The molecule has 0 saturated carbocycles. The first-order valence-corrected chi connectivity index (χ1v) is 11.0. The van der Waals surface area contributed by atoms with Gasteiger partial charge < -0.3 is 25.0 Å². The zero-order valence-corrected chi connectivity index (χ0v) is 18.7. The van der Waals surface area contributed by atoms with E-state index in [1.165, 1.54) is 6.92 Å². The first-order valence-electron chi connectivity index (χ1n) is 11.0. The standard InChI is InChI=1S/C23H33N3O5/c1-15(27)26-18-7-8-19(26)14-25-21(28)9-6-16-11-17(5-4-10-24-22(29)13-18)23(31-3)20(12-16)30-2/h11-12,18-19H,4-10,13-14H2,1-3H3,(H,24,29)(H,25,28)/t18-,19+/m0/s1. The van der Waals surface area contributed by atoms with E-state index in [1.807, 2.05) is 12.1 Å². The summed E-state index contributed by atoms with van der Waals surface area (Å²) in [5, 5.41) is 5.95. The van der Waals surface area contributed by atoms with E-state index in [4.69, 9.17) is 9.47 Å². The molecule has 2 atom stereocenters. The third-order valence-electron chi connectivity index (χ3n) is 6.14. The van der Waals surface area contributed by atoms with Crippen molar-refractivity contribution in [3.05, 3.63) is 23.3 Å². The van der Waals surface area contributed by atoms with Gasteiger partial charge in [0.25, 0.3) is 0 Å². The number of hydrogen-bond donors (Lipinski definition) is 2. The van der Waals surface area contributed by atoms with Crippen LogP contribution in [0.3, 0.4) is 0 Å². The summed E-state index contributed by atoms with van der Waals surface area (Å²) in [6, 6.07) is 3.77. The Morgan fingerprint density at radius 3 is 2.48 bits per heavy atom. The Kier molecular flexibility index (Phi) is 7.76. The molecular weight excluding hydrogens is 398 g/mol. The number of amides is 3. The molecule has 0 unspecified atom stereocenters. The molecule has 0 spiro atoms. The van der Waals surface area contributed by atoms with Gasteiger partial charge in [0.05, 0.1) is 14.2 Å². The van der Waals surface area contributed by atoms with Crippen LogP contribution >= 0.6 is 0 Å². The highest BCUT2D eigenvalue weighted by Gasteiger charge is 2.36. The maximum Gasteiger partial charge on any atom is 0.222 e. The molecule has 2 aliphatic rings. The van der Waals surface area contributed by atoms with Gasteiger partial charge in [0.1, 0.15) is 0 Å². The molecular formula is C23H33N3O5. The highest BCUT2D eigenvalue weighted by atomic mass is 16.5. The minimum absolute atomic E-state index is 0.0506. The highest BCUT2D eigenvalue weighted by molar-refractivity contribution is 5.79. The first kappa shape index (κ1) is 22.9. The van der Waals surface area contributed by atoms with Crippen LogP contribution in [0.15, 0.2) is 12.1 Å². The number of nitrogens with zero attached hydrogens (tertiary/aromatic N) is 1. The lowest BCUT2D eigenvalue weighted by molar-refractivity contribution is -0.133. The van der Waals surface area contributed by atoms with Crippen molar-refractivity contribution in [3.8, 4) is 11.5 Å². The molecule has 2 heterocycles. The first-order chi connectivity index (χ1) is 14.9. The van der Waals surface area contributed by atoms with Crippen LogP contribution in [0.25, 0.3) is 0 Å². The molecule has 0 radical (unpaired) electrons. The van der Waals surface area contributed by atoms with E-state index in [-0.39, 0.29) is 36.2 Å². The summed E-state index contributed by atoms with van der Waals surface area (Å²) >= 11 is 0. The van der Waals surface area contributed by atoms with E-state index in [9.17, 15) is 14.4 Å². The van der Waals surface area contributed by atoms with E-state index < -0.39 is 0 Å². The molecule has 8 heteroatoms. The maximum absolute atomic E-state index is 12.5. The number of hydrogen-bond acceptors (Lipinski definition) is 5. The molecule has 0 aromatic heterocycles. The topological polar surface area (TPSA) is 97.0 Å². The monoisotopic (exact) mass is 431 g/mol. The number of carbonyl (C=O) groups excluding carboxylic acids is 3. The fourth-order valence-electron chi connectivity index (χ4n) is 4.68. The Bertz CT molecular complexity index is 826. The van der Waals surface area contributed by atoms with Crippen molar-refractivity contribution < 1.29 is 23.9 Å². The lowest BCUT2D eigenvalue weighted by atomic mass is 10.0. The molecule has 31 heavy (non-hydrogen) atoms. The predicted octanol–water partition coefficient (Wildman–Crippen LogP) is 1.58. The van der Waals surface area contributed by atoms with Crippen LogP contribution < -0.4 is 20.1 Å². The Labute approximate surface area is 183 Å². The average molecular weight is 432 g/mol. The lowest BCUT2D eigenvalue weighted by Gasteiger charge is -2.29. The summed E-state index contributed by atoms with van der Waals surface area (Å²) < 4.78 is 11.0. The van der Waals surface area contributed by atoms with E-state index in [0.29, 0.717) is 43.9 Å². The van der Waals surface area contributed by atoms with Gasteiger partial charge in [-0.25, -0.2) is 0 Å². The van der Waals surface area contributed by atoms with Gasteiger partial charge in [0, 0.05) is 44.9 Å². The summed E-state index contributed by atoms with van der Waals surface area (Å²) in [6.45, 7) is 2.49. The molecule has 2 N–H and O–H groups in total. The Morgan fingerprint density at radius 2 is 1.77 bits per heavy atom. The maximum atomic E-state index is 12.5. The summed E-state index contributed by atoms with van der Waals surface area (Å²) in [7, 11) is 3.21. The van der Waals surface area contributed by atoms with Gasteiger partial charge in [-0.2, -0.15) is 0 Å². The van der Waals surface area contributed by atoms with Gasteiger partial charge in [-0.1, -0.05) is 6.07 Å². The van der Waals surface area contributed by atoms with Crippen molar-refractivity contribution in [1.29, 1.82) is 0 Å². The van der Waals surface area contributed by atoms with Gasteiger partial charge >= 0.3 is 0 Å². The van der Waals surface area contributed by atoms with Crippen LogP contribution in [0.1, 0.15) is 50.2 Å². The molecule has 1 aromatic rings. The van der Waals surface area contributed by atoms with E-state index >= 15 is 0 Å². The van der Waals surface area contributed by atoms with Gasteiger partial charge in [-0.15, -0.1) is 0 Å². The number of fused-ring (bicyclic) bond motifs is 4. The number of carbonyl (C=O) groups is 3. The van der Waals surface area contributed by atoms with Crippen LogP contribution in [0.4, 0.5) is 0 Å². The van der Waals surface area contributed by atoms with E-state index in [1.54, 1.807) is 19.1 Å². The number of aryl methyl sites for hydroxylation is 2. The number of nitrogens with one attached hydrogen (secondary N) is 2. The van der Waals surface area contributed by atoms with Crippen molar-refractivity contribution in [2.24, 2.45) is 0 Å². The molecule has 2 aliphatic heterocycles. The smallest absolute Gasteiger partial charge is 0.222 e. The number of methoxy groups -OCH3 is 2. The number of rotatable bonds is 2. The van der Waals surface area contributed by atoms with Gasteiger partial charge in [0.2, 0.25) is 17.7 Å². The van der Waals surface area contributed by atoms with Crippen LogP contribution in [-0.4, -0.2) is 62.0 Å². The second-order valence-electron chi connectivity index (χ2n) is 8.26. The van der Waals surface area contributed by atoms with E-state index in [2.05, 4.69) is 10.6 Å². The van der Waals surface area contributed by atoms with Crippen LogP contribution in [0.2, 0.25) is 0 Å². The second kappa shape index (κ2) is 10.5. The van der Waals surface area contributed by atoms with Crippen molar-refractivity contribution in [2.45, 2.75) is 64.0 Å². The molecule has 3 rings (SSSR count). The highest BCUT2D eigenvalue weighted by Crippen LogP contribution is 2.34. The summed E-state index contributed by atoms with van der Waals surface area (Å²) in [6.07, 6.45) is 4.25. The normalized spacial score (nSPS) is 22.9. The Hall–Kier alpha value is -2.77. The zero-order chi connectivity index (χ0) is 22.4. The SMILES string of the molecule is COc1cc2cc(c1OC)CCCNC(=O)C[C@@H]1CC[C@H](CNC(=O)CC2)N1C(C)=O. The minimum atomic E-state index is -0.116. The third-order valence-corrected chi connectivity index (χ3v) is 6.14. The fraction of sp³-hybridized carbons (Fsp3) is 0.609. The predicted molar refractivity (Wildman–Crippen MR) is 116 cm³/mol. The fourth-order valence-corrected chi connectivity index (χ4v) is 4.68. The van der Waals surface area contributed by atoms with Crippen molar-refractivity contribution in [1.82, 2.24) is 15.5 Å². The molecule has 4 bridgehead atoms. The largest absolute Gasteiger partial charge is 0.493 e. The third kappa shape index (κ3) is 5.68. The van der Waals surface area contributed by atoms with Gasteiger partial charge in [-0.3, -0.25) is 14.4 Å².